The highest BCUT2D eigenvalue weighted by Crippen LogP contribution is 2.26. The first kappa shape index (κ1) is 18.8. The first-order chi connectivity index (χ1) is 13.1. The summed E-state index contributed by atoms with van der Waals surface area (Å²) in [7, 11) is 1.63. The fraction of sp³-hybridized carbons (Fsp3) is 0.105. The number of nitrogens with zero attached hydrogens (tertiary/aromatic N) is 1. The molecule has 27 heavy (non-hydrogen) atoms. The molecule has 1 aromatic heterocycles. The number of benzene rings is 2. The number of amides is 1. The predicted molar refractivity (Wildman–Crippen MR) is 110 cm³/mol. The number of carbonyl (C=O) groups excluding carboxylic acids is 1. The van der Waals surface area contributed by atoms with Gasteiger partial charge in [0.2, 0.25) is 0 Å². The largest absolute Gasteiger partial charge is 0.497 e. The van der Waals surface area contributed by atoms with E-state index in [0.29, 0.717) is 10.9 Å². The zero-order valence-electron chi connectivity index (χ0n) is 14.5. The van der Waals surface area contributed by atoms with E-state index in [1.807, 2.05) is 47.8 Å². The van der Waals surface area contributed by atoms with E-state index in [0.717, 1.165) is 17.0 Å². The van der Waals surface area contributed by atoms with E-state index in [4.69, 9.17) is 21.7 Å². The first-order valence-corrected chi connectivity index (χ1v) is 9.31. The lowest BCUT2D eigenvalue weighted by Crippen LogP contribution is -2.37. The molecule has 1 amide bonds. The lowest BCUT2D eigenvalue weighted by Gasteiger charge is -2.08. The van der Waals surface area contributed by atoms with Gasteiger partial charge in [0.15, 0.2) is 16.9 Å². The summed E-state index contributed by atoms with van der Waals surface area (Å²) >= 11 is 6.55. The van der Waals surface area contributed by atoms with Crippen LogP contribution in [0.2, 0.25) is 0 Å². The van der Waals surface area contributed by atoms with Crippen molar-refractivity contribution in [3.63, 3.8) is 0 Å². The maximum Gasteiger partial charge on any atom is 0.264 e. The number of carbonyl (C=O) groups is 1. The average Bonchev–Trinajstić information content (AvgIpc) is 3.15. The molecule has 2 N–H and O–H groups in total. The molecule has 0 fully saturated rings. The van der Waals surface area contributed by atoms with Crippen molar-refractivity contribution in [1.29, 1.82) is 0 Å². The standard InChI is InChI=1S/C19H17N3O3S2/c1-24-14-9-7-13(8-10-14)16-12-27-19(20-16)22-18(26)21-17(23)11-25-15-5-3-2-4-6-15/h2-10,12H,11H2,1H3,(H2,20,21,22,23,26). The van der Waals surface area contributed by atoms with Gasteiger partial charge >= 0.3 is 0 Å². The van der Waals surface area contributed by atoms with Gasteiger partial charge in [-0.25, -0.2) is 4.98 Å². The third kappa shape index (κ3) is 5.50. The third-order valence-corrected chi connectivity index (χ3v) is 4.44. The number of hydrogen-bond acceptors (Lipinski definition) is 6. The second-order valence-corrected chi connectivity index (χ2v) is 6.64. The second-order valence-electron chi connectivity index (χ2n) is 5.37. The van der Waals surface area contributed by atoms with Crippen LogP contribution in [0.15, 0.2) is 60.0 Å². The van der Waals surface area contributed by atoms with Crippen LogP contribution in [-0.4, -0.2) is 29.7 Å². The van der Waals surface area contributed by atoms with Crippen LogP contribution in [0, 0.1) is 0 Å². The fourth-order valence-corrected chi connectivity index (χ4v) is 3.18. The van der Waals surface area contributed by atoms with Gasteiger partial charge in [-0.05, 0) is 48.6 Å². The van der Waals surface area contributed by atoms with Gasteiger partial charge in [-0.2, -0.15) is 0 Å². The Morgan fingerprint density at radius 1 is 1.11 bits per heavy atom. The van der Waals surface area contributed by atoms with E-state index >= 15 is 0 Å². The molecule has 0 unspecified atom stereocenters. The van der Waals surface area contributed by atoms with E-state index < -0.39 is 0 Å². The molecule has 0 aliphatic rings. The highest BCUT2D eigenvalue weighted by Gasteiger charge is 2.09. The summed E-state index contributed by atoms with van der Waals surface area (Å²) in [6, 6.07) is 16.7. The number of thiocarbonyl (C=S) groups is 1. The minimum atomic E-state index is -0.344. The minimum absolute atomic E-state index is 0.124. The molecule has 138 valence electrons. The Labute approximate surface area is 166 Å². The van der Waals surface area contributed by atoms with E-state index in [1.165, 1.54) is 11.3 Å². The van der Waals surface area contributed by atoms with Crippen molar-refractivity contribution >= 4 is 39.7 Å². The van der Waals surface area contributed by atoms with Crippen LogP contribution in [-0.2, 0) is 4.79 Å². The predicted octanol–water partition coefficient (Wildman–Crippen LogP) is 3.71. The molecule has 6 nitrogen and oxygen atoms in total. The van der Waals surface area contributed by atoms with Crippen molar-refractivity contribution in [2.24, 2.45) is 0 Å². The van der Waals surface area contributed by atoms with Gasteiger partial charge in [0.1, 0.15) is 11.5 Å². The lowest BCUT2D eigenvalue weighted by molar-refractivity contribution is -0.121. The summed E-state index contributed by atoms with van der Waals surface area (Å²) in [5.74, 6) is 1.06. The molecule has 8 heteroatoms. The molecular weight excluding hydrogens is 382 g/mol. The van der Waals surface area contributed by atoms with Crippen LogP contribution in [0.1, 0.15) is 0 Å². The Hall–Kier alpha value is -2.97. The van der Waals surface area contributed by atoms with Crippen molar-refractivity contribution in [3.05, 3.63) is 60.0 Å². The molecule has 3 aromatic rings. The summed E-state index contributed by atoms with van der Waals surface area (Å²) in [5, 5.41) is 8.16. The SMILES string of the molecule is COc1ccc(-c2csc(NC(=S)NC(=O)COc3ccccc3)n2)cc1. The van der Waals surface area contributed by atoms with E-state index in [2.05, 4.69) is 15.6 Å². The van der Waals surface area contributed by atoms with Gasteiger partial charge in [0, 0.05) is 10.9 Å². The van der Waals surface area contributed by atoms with Crippen LogP contribution in [0.25, 0.3) is 11.3 Å². The molecule has 0 bridgehead atoms. The summed E-state index contributed by atoms with van der Waals surface area (Å²) in [6.45, 7) is -0.124. The zero-order chi connectivity index (χ0) is 19.1. The van der Waals surface area contributed by atoms with Gasteiger partial charge in [0.25, 0.3) is 5.91 Å². The Morgan fingerprint density at radius 3 is 2.56 bits per heavy atom. The van der Waals surface area contributed by atoms with Crippen molar-refractivity contribution in [2.75, 3.05) is 19.0 Å². The van der Waals surface area contributed by atoms with Crippen molar-refractivity contribution < 1.29 is 14.3 Å². The molecular formula is C19H17N3O3S2. The van der Waals surface area contributed by atoms with Crippen LogP contribution >= 0.6 is 23.6 Å². The van der Waals surface area contributed by atoms with Crippen molar-refractivity contribution in [3.8, 4) is 22.8 Å². The zero-order valence-corrected chi connectivity index (χ0v) is 16.1. The summed E-state index contributed by atoms with van der Waals surface area (Å²) in [6.07, 6.45) is 0. The monoisotopic (exact) mass is 399 g/mol. The molecule has 1 heterocycles. The molecule has 0 saturated carbocycles. The maximum absolute atomic E-state index is 11.9. The molecule has 0 radical (unpaired) electrons. The number of ether oxygens (including phenoxy) is 2. The number of methoxy groups -OCH3 is 1. The Morgan fingerprint density at radius 2 is 1.85 bits per heavy atom. The van der Waals surface area contributed by atoms with Crippen LogP contribution < -0.4 is 20.1 Å². The Balaban J connectivity index is 1.50. The Bertz CT molecular complexity index is 911. The van der Waals surface area contributed by atoms with Gasteiger partial charge < -0.3 is 14.8 Å². The van der Waals surface area contributed by atoms with E-state index in [-0.39, 0.29) is 17.6 Å². The highest BCUT2D eigenvalue weighted by atomic mass is 32.1. The van der Waals surface area contributed by atoms with E-state index in [1.54, 1.807) is 19.2 Å². The highest BCUT2D eigenvalue weighted by molar-refractivity contribution is 7.80. The van der Waals surface area contributed by atoms with Crippen LogP contribution in [0.3, 0.4) is 0 Å². The van der Waals surface area contributed by atoms with Gasteiger partial charge in [-0.3, -0.25) is 10.1 Å². The summed E-state index contributed by atoms with van der Waals surface area (Å²) < 4.78 is 10.5. The lowest BCUT2D eigenvalue weighted by atomic mass is 10.2. The van der Waals surface area contributed by atoms with E-state index in [9.17, 15) is 4.79 Å². The van der Waals surface area contributed by atoms with Gasteiger partial charge in [-0.1, -0.05) is 18.2 Å². The number of anilines is 1. The molecule has 2 aromatic carbocycles. The smallest absolute Gasteiger partial charge is 0.264 e. The minimum Gasteiger partial charge on any atom is -0.497 e. The number of para-hydroxylation sites is 1. The van der Waals surface area contributed by atoms with Crippen LogP contribution in [0.5, 0.6) is 11.5 Å². The molecule has 3 rings (SSSR count). The number of rotatable bonds is 6. The average molecular weight is 399 g/mol. The van der Waals surface area contributed by atoms with Crippen molar-refractivity contribution in [2.45, 2.75) is 0 Å². The van der Waals surface area contributed by atoms with Crippen molar-refractivity contribution in [1.82, 2.24) is 10.3 Å². The number of aromatic nitrogens is 1. The summed E-state index contributed by atoms with van der Waals surface area (Å²) in [4.78, 5) is 16.4. The molecule has 0 spiro atoms. The molecule has 0 aliphatic carbocycles. The molecule has 0 aliphatic heterocycles. The first-order valence-electron chi connectivity index (χ1n) is 8.02. The quantitative estimate of drug-likeness (QED) is 0.616. The number of nitrogens with one attached hydrogen (secondary N) is 2. The molecule has 0 saturated heterocycles. The number of hydrogen-bond donors (Lipinski definition) is 2. The fourth-order valence-electron chi connectivity index (χ4n) is 2.18. The molecule has 0 atom stereocenters. The van der Waals surface area contributed by atoms with Gasteiger partial charge in [0.05, 0.1) is 12.8 Å². The number of thiazole rings is 1. The summed E-state index contributed by atoms with van der Waals surface area (Å²) in [5.41, 5.74) is 1.78. The topological polar surface area (TPSA) is 72.5 Å². The third-order valence-electron chi connectivity index (χ3n) is 3.48. The van der Waals surface area contributed by atoms with Gasteiger partial charge in [-0.15, -0.1) is 11.3 Å². The maximum atomic E-state index is 11.9. The second kappa shape index (κ2) is 9.11. The normalized spacial score (nSPS) is 10.1. The van der Waals surface area contributed by atoms with Crippen LogP contribution in [0.4, 0.5) is 5.13 Å². The Kier molecular flexibility index (Phi) is 6.35.